The molecule has 0 bridgehead atoms. The van der Waals surface area contributed by atoms with Gasteiger partial charge in [-0.25, -0.2) is 0 Å². The molecule has 1 fully saturated rings. The molecule has 1 aliphatic heterocycles. The second-order valence-electron chi connectivity index (χ2n) is 10.8. The van der Waals surface area contributed by atoms with E-state index < -0.39 is 82.6 Å². The van der Waals surface area contributed by atoms with Crippen molar-refractivity contribution in [3.05, 3.63) is 51.6 Å². The molecular weight excluding hydrogens is 568 g/mol. The number of aliphatic hydroxyl groups is 1. The van der Waals surface area contributed by atoms with Crippen LogP contribution in [0, 0.1) is 0 Å². The Balaban J connectivity index is 1.62. The molecule has 0 saturated carbocycles. The highest BCUT2D eigenvalue weighted by atomic mass is 32.2. The highest BCUT2D eigenvalue weighted by Gasteiger charge is 2.49. The predicted molar refractivity (Wildman–Crippen MR) is 149 cm³/mol. The lowest BCUT2D eigenvalue weighted by atomic mass is 9.72. The minimum absolute atomic E-state index is 0.0121. The van der Waals surface area contributed by atoms with E-state index in [0.29, 0.717) is 0 Å². The van der Waals surface area contributed by atoms with E-state index in [0.717, 1.165) is 0 Å². The third kappa shape index (κ3) is 4.76. The van der Waals surface area contributed by atoms with Crippen LogP contribution in [-0.4, -0.2) is 81.4 Å². The van der Waals surface area contributed by atoms with E-state index in [1.807, 2.05) is 6.26 Å². The minimum Gasteiger partial charge on any atom is -0.507 e. The smallest absolute Gasteiger partial charge is 0.303 e. The SMILES string of the molecule is COc1cccc2c1C(=O)c1c(O)c3c(c(O)c1C2=O)CC(O)(C(C)=O)CC3OC1CC(SC)C(OC(C)=O)C(C)O1. The maximum absolute atomic E-state index is 13.8. The van der Waals surface area contributed by atoms with Crippen LogP contribution >= 0.6 is 11.8 Å². The molecule has 3 N–H and O–H groups in total. The summed E-state index contributed by atoms with van der Waals surface area (Å²) in [4.78, 5) is 51.6. The molecule has 2 aromatic rings. The second-order valence-corrected chi connectivity index (χ2v) is 11.9. The van der Waals surface area contributed by atoms with E-state index in [9.17, 15) is 34.5 Å². The van der Waals surface area contributed by atoms with Gasteiger partial charge in [-0.05, 0) is 26.2 Å². The van der Waals surface area contributed by atoms with Crippen molar-refractivity contribution in [3.8, 4) is 17.2 Å². The van der Waals surface area contributed by atoms with E-state index in [1.54, 1.807) is 6.92 Å². The number of benzene rings is 2. The summed E-state index contributed by atoms with van der Waals surface area (Å²) >= 11 is 1.45. The van der Waals surface area contributed by atoms with E-state index in [4.69, 9.17) is 18.9 Å². The van der Waals surface area contributed by atoms with Crippen LogP contribution < -0.4 is 4.74 Å². The van der Waals surface area contributed by atoms with Crippen molar-refractivity contribution >= 4 is 35.1 Å². The summed E-state index contributed by atoms with van der Waals surface area (Å²) in [6.45, 7) is 4.23. The van der Waals surface area contributed by atoms with Crippen molar-refractivity contribution in [3.63, 3.8) is 0 Å². The van der Waals surface area contributed by atoms with Gasteiger partial charge in [0.25, 0.3) is 0 Å². The summed E-state index contributed by atoms with van der Waals surface area (Å²) in [5, 5.41) is 34.2. The predicted octanol–water partition coefficient (Wildman–Crippen LogP) is 3.00. The first-order valence-corrected chi connectivity index (χ1v) is 14.7. The first-order valence-electron chi connectivity index (χ1n) is 13.4. The van der Waals surface area contributed by atoms with Crippen LogP contribution in [0.5, 0.6) is 17.2 Å². The summed E-state index contributed by atoms with van der Waals surface area (Å²) in [6, 6.07) is 4.46. The second kappa shape index (κ2) is 11.0. The van der Waals surface area contributed by atoms with Crippen molar-refractivity contribution < 1.29 is 53.4 Å². The van der Waals surface area contributed by atoms with E-state index >= 15 is 0 Å². The number of fused-ring (bicyclic) bond motifs is 3. The summed E-state index contributed by atoms with van der Waals surface area (Å²) in [6.07, 6.45) is -1.88. The fraction of sp³-hybridized carbons (Fsp3) is 0.467. The average Bonchev–Trinajstić information content (AvgIpc) is 2.93. The highest BCUT2D eigenvalue weighted by molar-refractivity contribution is 7.99. The number of ether oxygens (including phenoxy) is 4. The molecule has 5 rings (SSSR count). The Kier molecular flexibility index (Phi) is 7.86. The molecule has 0 radical (unpaired) electrons. The van der Waals surface area contributed by atoms with Gasteiger partial charge in [-0.3, -0.25) is 19.2 Å². The monoisotopic (exact) mass is 600 g/mol. The van der Waals surface area contributed by atoms with E-state index in [1.165, 1.54) is 50.9 Å². The number of hydrogen-bond donors (Lipinski definition) is 3. The molecule has 6 unspecified atom stereocenters. The zero-order valence-electron chi connectivity index (χ0n) is 23.8. The van der Waals surface area contributed by atoms with Crippen LogP contribution in [0.15, 0.2) is 18.2 Å². The van der Waals surface area contributed by atoms with Crippen LogP contribution in [-0.2, 0) is 30.2 Å². The number of esters is 1. The molecule has 2 aliphatic carbocycles. The van der Waals surface area contributed by atoms with Crippen LogP contribution in [0.1, 0.15) is 82.7 Å². The molecule has 3 aliphatic rings. The number of methoxy groups -OCH3 is 1. The maximum Gasteiger partial charge on any atom is 0.303 e. The standard InChI is InChI=1S/C30H32O11S/c1-12-29(40-14(3)32)19(42-5)9-20(39-12)41-18-11-30(37,13(2)31)10-16-22(18)28(36)24-23(26(16)34)25(33)15-7-6-8-17(38-4)21(15)27(24)35/h6-8,12,18-20,29,34,36-37H,9-11H2,1-5H3. The number of carbonyl (C=O) groups is 4. The summed E-state index contributed by atoms with van der Waals surface area (Å²) < 4.78 is 23.1. The highest BCUT2D eigenvalue weighted by Crippen LogP contribution is 2.52. The topological polar surface area (TPSA) is 166 Å². The molecular formula is C30H32O11S. The molecule has 0 spiro atoms. The van der Waals surface area contributed by atoms with Crippen LogP contribution in [0.3, 0.4) is 0 Å². The Morgan fingerprint density at radius 3 is 2.38 bits per heavy atom. The first-order chi connectivity index (χ1) is 19.8. The van der Waals surface area contributed by atoms with Crippen molar-refractivity contribution in [2.24, 2.45) is 0 Å². The molecule has 11 nitrogen and oxygen atoms in total. The number of thioether (sulfide) groups is 1. The third-order valence-electron chi connectivity index (χ3n) is 8.27. The number of rotatable bonds is 6. The first kappa shape index (κ1) is 30.0. The van der Waals surface area contributed by atoms with Crippen molar-refractivity contribution in [1.82, 2.24) is 0 Å². The van der Waals surface area contributed by atoms with Crippen LogP contribution in [0.25, 0.3) is 0 Å². The molecule has 1 heterocycles. The van der Waals surface area contributed by atoms with Gasteiger partial charge >= 0.3 is 5.97 Å². The Hall–Kier alpha value is -3.45. The normalized spacial score (nSPS) is 28.4. The van der Waals surface area contributed by atoms with Gasteiger partial charge in [-0.2, -0.15) is 11.8 Å². The lowest BCUT2D eigenvalue weighted by molar-refractivity contribution is -0.245. The van der Waals surface area contributed by atoms with Gasteiger partial charge in [0, 0.05) is 48.1 Å². The number of phenolic OH excluding ortho intramolecular Hbond substituents is 2. The number of Topliss-reactive ketones (excluding diaryl/α,β-unsaturated/α-hetero) is 1. The lowest BCUT2D eigenvalue weighted by Gasteiger charge is -2.43. The maximum atomic E-state index is 13.8. The van der Waals surface area contributed by atoms with E-state index in [-0.39, 0.29) is 46.1 Å². The Labute approximate surface area is 246 Å². The number of carbonyl (C=O) groups excluding carboxylic acids is 4. The summed E-state index contributed by atoms with van der Waals surface area (Å²) in [5.41, 5.74) is -2.99. The van der Waals surface area contributed by atoms with E-state index in [2.05, 4.69) is 0 Å². The van der Waals surface area contributed by atoms with Gasteiger partial charge in [0.15, 0.2) is 17.9 Å². The molecule has 1 saturated heterocycles. The summed E-state index contributed by atoms with van der Waals surface area (Å²) in [5.74, 6) is -3.59. The van der Waals surface area contributed by atoms with Gasteiger partial charge in [-0.1, -0.05) is 12.1 Å². The molecule has 0 amide bonds. The molecule has 2 aromatic carbocycles. The molecule has 6 atom stereocenters. The number of aromatic hydroxyl groups is 2. The van der Waals surface area contributed by atoms with Gasteiger partial charge in [0.05, 0.1) is 36.0 Å². The zero-order chi connectivity index (χ0) is 30.7. The zero-order valence-corrected chi connectivity index (χ0v) is 24.6. The van der Waals surface area contributed by atoms with Crippen molar-refractivity contribution in [1.29, 1.82) is 0 Å². The van der Waals surface area contributed by atoms with Crippen LogP contribution in [0.2, 0.25) is 0 Å². The fourth-order valence-electron chi connectivity index (χ4n) is 6.17. The largest absolute Gasteiger partial charge is 0.507 e. The lowest BCUT2D eigenvalue weighted by Crippen LogP contribution is -2.50. The fourth-order valence-corrected chi connectivity index (χ4v) is 7.06. The molecule has 42 heavy (non-hydrogen) atoms. The number of phenols is 2. The Morgan fingerprint density at radius 2 is 1.76 bits per heavy atom. The molecule has 0 aromatic heterocycles. The number of hydrogen-bond acceptors (Lipinski definition) is 12. The van der Waals surface area contributed by atoms with Crippen molar-refractivity contribution in [2.45, 2.75) is 75.5 Å². The minimum atomic E-state index is -2.00. The average molecular weight is 601 g/mol. The van der Waals surface area contributed by atoms with Gasteiger partial charge < -0.3 is 34.3 Å². The van der Waals surface area contributed by atoms with Gasteiger partial charge in [-0.15, -0.1) is 0 Å². The quantitative estimate of drug-likeness (QED) is 0.280. The molecule has 224 valence electrons. The third-order valence-corrected chi connectivity index (χ3v) is 9.34. The Bertz CT molecular complexity index is 1500. The Morgan fingerprint density at radius 1 is 1.07 bits per heavy atom. The molecule has 12 heteroatoms. The summed E-state index contributed by atoms with van der Waals surface area (Å²) in [7, 11) is 1.35. The van der Waals surface area contributed by atoms with Gasteiger partial charge in [0.1, 0.15) is 29.0 Å². The number of ketones is 3. The van der Waals surface area contributed by atoms with Crippen molar-refractivity contribution in [2.75, 3.05) is 13.4 Å². The van der Waals surface area contributed by atoms with Gasteiger partial charge in [0.2, 0.25) is 5.78 Å². The van der Waals surface area contributed by atoms with Crippen LogP contribution in [0.4, 0.5) is 0 Å².